The quantitative estimate of drug-likeness (QED) is 0.932. The molecule has 1 aromatic heterocycles. The number of rotatable bonds is 3. The first-order chi connectivity index (χ1) is 11.1. The highest BCUT2D eigenvalue weighted by Crippen LogP contribution is 2.33. The molecule has 0 spiro atoms. The van der Waals surface area contributed by atoms with E-state index in [-0.39, 0.29) is 4.90 Å². The fourth-order valence-corrected chi connectivity index (χ4v) is 3.94. The summed E-state index contributed by atoms with van der Waals surface area (Å²) < 4.78 is 38.5. The van der Waals surface area contributed by atoms with Crippen molar-refractivity contribution in [3.63, 3.8) is 0 Å². The maximum atomic E-state index is 12.6. The Morgan fingerprint density at radius 2 is 1.87 bits per heavy atom. The average molecular weight is 332 g/mol. The Kier molecular flexibility index (Phi) is 3.37. The van der Waals surface area contributed by atoms with Crippen LogP contribution in [0.3, 0.4) is 0 Å². The number of aromatic nitrogens is 1. The van der Waals surface area contributed by atoms with Gasteiger partial charge in [0.05, 0.1) is 16.8 Å². The number of hydrogen-bond donors (Lipinski definition) is 1. The zero-order valence-corrected chi connectivity index (χ0v) is 13.2. The van der Waals surface area contributed by atoms with E-state index in [2.05, 4.69) is 9.71 Å². The molecule has 1 aliphatic heterocycles. The summed E-state index contributed by atoms with van der Waals surface area (Å²) in [5, 5.41) is 0. The van der Waals surface area contributed by atoms with Crippen LogP contribution in [-0.4, -0.2) is 26.6 Å². The number of sulfonamides is 1. The summed E-state index contributed by atoms with van der Waals surface area (Å²) in [6.45, 7) is 0.886. The molecule has 4 rings (SSSR count). The minimum Gasteiger partial charge on any atom is -0.486 e. The fraction of sp³-hybridized carbons (Fsp3) is 0.312. The van der Waals surface area contributed by atoms with E-state index in [1.54, 1.807) is 12.3 Å². The van der Waals surface area contributed by atoms with Gasteiger partial charge < -0.3 is 9.47 Å². The predicted molar refractivity (Wildman–Crippen MR) is 84.5 cm³/mol. The lowest BCUT2D eigenvalue weighted by Crippen LogP contribution is -2.17. The lowest BCUT2D eigenvalue weighted by molar-refractivity contribution is 0.171. The smallest absolute Gasteiger partial charge is 0.262 e. The molecule has 0 saturated heterocycles. The highest BCUT2D eigenvalue weighted by molar-refractivity contribution is 7.92. The maximum Gasteiger partial charge on any atom is 0.262 e. The van der Waals surface area contributed by atoms with Gasteiger partial charge in [-0.25, -0.2) is 8.42 Å². The molecular formula is C16H16N2O4S. The molecule has 0 unspecified atom stereocenters. The zero-order chi connectivity index (χ0) is 15.9. The van der Waals surface area contributed by atoms with Crippen molar-refractivity contribution in [3.05, 3.63) is 41.7 Å². The second-order valence-electron chi connectivity index (χ2n) is 5.59. The monoisotopic (exact) mass is 332 g/mol. The van der Waals surface area contributed by atoms with Gasteiger partial charge in [-0.05, 0) is 43.0 Å². The molecule has 0 bridgehead atoms. The Hall–Kier alpha value is -2.28. The van der Waals surface area contributed by atoms with Gasteiger partial charge in [0.15, 0.2) is 11.5 Å². The third kappa shape index (κ3) is 2.72. The van der Waals surface area contributed by atoms with Crippen molar-refractivity contribution >= 4 is 15.7 Å². The molecular weight excluding hydrogens is 316 g/mol. The predicted octanol–water partition coefficient (Wildman–Crippen LogP) is 2.14. The number of nitrogens with one attached hydrogen (secondary N) is 1. The first-order valence-electron chi connectivity index (χ1n) is 7.52. The number of pyridine rings is 1. The van der Waals surface area contributed by atoms with Crippen molar-refractivity contribution in [2.45, 2.75) is 24.2 Å². The molecule has 1 aromatic carbocycles. The molecule has 0 amide bonds. The SMILES string of the molecule is O=S(=O)(Nc1cnc2c(c1)CCC2)c1ccc2c(c1)OCCO2. The zero-order valence-electron chi connectivity index (χ0n) is 12.4. The van der Waals surface area contributed by atoms with Crippen molar-refractivity contribution in [1.29, 1.82) is 0 Å². The van der Waals surface area contributed by atoms with E-state index >= 15 is 0 Å². The van der Waals surface area contributed by atoms with Crippen molar-refractivity contribution in [3.8, 4) is 11.5 Å². The molecule has 6 nitrogen and oxygen atoms in total. The third-order valence-electron chi connectivity index (χ3n) is 4.00. The molecule has 2 aromatic rings. The van der Waals surface area contributed by atoms with Crippen LogP contribution in [0, 0.1) is 0 Å². The Balaban J connectivity index is 1.63. The molecule has 0 atom stereocenters. The van der Waals surface area contributed by atoms with E-state index in [0.717, 1.165) is 30.5 Å². The second kappa shape index (κ2) is 5.42. The summed E-state index contributed by atoms with van der Waals surface area (Å²) in [7, 11) is -3.69. The maximum absolute atomic E-state index is 12.6. The summed E-state index contributed by atoms with van der Waals surface area (Å²) >= 11 is 0. The van der Waals surface area contributed by atoms with Crippen LogP contribution in [0.15, 0.2) is 35.4 Å². The number of fused-ring (bicyclic) bond motifs is 2. The van der Waals surface area contributed by atoms with Crippen LogP contribution in [0.5, 0.6) is 11.5 Å². The average Bonchev–Trinajstić information content (AvgIpc) is 3.01. The molecule has 0 saturated carbocycles. The molecule has 1 aliphatic carbocycles. The summed E-state index contributed by atoms with van der Waals surface area (Å²) in [6.07, 6.45) is 4.55. The second-order valence-corrected chi connectivity index (χ2v) is 7.28. The van der Waals surface area contributed by atoms with Crippen LogP contribution in [0.25, 0.3) is 0 Å². The van der Waals surface area contributed by atoms with Crippen LogP contribution in [0.4, 0.5) is 5.69 Å². The van der Waals surface area contributed by atoms with Crippen molar-refractivity contribution < 1.29 is 17.9 Å². The number of benzene rings is 1. The van der Waals surface area contributed by atoms with Crippen molar-refractivity contribution in [2.24, 2.45) is 0 Å². The van der Waals surface area contributed by atoms with Gasteiger partial charge in [-0.15, -0.1) is 0 Å². The van der Waals surface area contributed by atoms with E-state index in [1.165, 1.54) is 12.1 Å². The van der Waals surface area contributed by atoms with Crippen LogP contribution in [0.2, 0.25) is 0 Å². The Morgan fingerprint density at radius 1 is 1.04 bits per heavy atom. The summed E-state index contributed by atoms with van der Waals surface area (Å²) in [5.41, 5.74) is 2.67. The van der Waals surface area contributed by atoms with Gasteiger partial charge in [0.25, 0.3) is 10.0 Å². The number of hydrogen-bond acceptors (Lipinski definition) is 5. The third-order valence-corrected chi connectivity index (χ3v) is 5.37. The van der Waals surface area contributed by atoms with E-state index < -0.39 is 10.0 Å². The van der Waals surface area contributed by atoms with Crippen LogP contribution in [0.1, 0.15) is 17.7 Å². The van der Waals surface area contributed by atoms with Crippen LogP contribution in [-0.2, 0) is 22.9 Å². The van der Waals surface area contributed by atoms with Crippen LogP contribution >= 0.6 is 0 Å². The van der Waals surface area contributed by atoms with E-state index in [1.807, 2.05) is 6.07 Å². The lowest BCUT2D eigenvalue weighted by Gasteiger charge is -2.19. The Bertz CT molecular complexity index is 864. The van der Waals surface area contributed by atoms with Crippen molar-refractivity contribution in [1.82, 2.24) is 4.98 Å². The highest BCUT2D eigenvalue weighted by atomic mass is 32.2. The lowest BCUT2D eigenvalue weighted by atomic mass is 10.2. The molecule has 2 heterocycles. The molecule has 7 heteroatoms. The molecule has 120 valence electrons. The van der Waals surface area contributed by atoms with Gasteiger partial charge in [-0.1, -0.05) is 0 Å². The van der Waals surface area contributed by atoms with E-state index in [4.69, 9.17) is 9.47 Å². The molecule has 23 heavy (non-hydrogen) atoms. The normalized spacial score (nSPS) is 16.0. The molecule has 0 radical (unpaired) electrons. The summed E-state index contributed by atoms with van der Waals surface area (Å²) in [6, 6.07) is 6.48. The van der Waals surface area contributed by atoms with E-state index in [0.29, 0.717) is 30.4 Å². The number of aryl methyl sites for hydroxylation is 2. The number of ether oxygens (including phenoxy) is 2. The van der Waals surface area contributed by atoms with Gasteiger partial charge in [0, 0.05) is 11.8 Å². The van der Waals surface area contributed by atoms with Gasteiger partial charge in [-0.2, -0.15) is 0 Å². The van der Waals surface area contributed by atoms with Crippen molar-refractivity contribution in [2.75, 3.05) is 17.9 Å². The van der Waals surface area contributed by atoms with Gasteiger partial charge >= 0.3 is 0 Å². The van der Waals surface area contributed by atoms with Gasteiger partial charge in [0.1, 0.15) is 13.2 Å². The standard InChI is InChI=1S/C16H16N2O4S/c19-23(20,13-4-5-15-16(9-13)22-7-6-21-15)18-12-8-11-2-1-3-14(11)17-10-12/h4-5,8-10,18H,1-3,6-7H2. The minimum absolute atomic E-state index is 0.141. The summed E-state index contributed by atoms with van der Waals surface area (Å²) in [4.78, 5) is 4.48. The Morgan fingerprint density at radius 3 is 2.74 bits per heavy atom. The van der Waals surface area contributed by atoms with Gasteiger partial charge in [-0.3, -0.25) is 9.71 Å². The first kappa shape index (κ1) is 14.3. The molecule has 1 N–H and O–H groups in total. The largest absolute Gasteiger partial charge is 0.486 e. The van der Waals surface area contributed by atoms with Crippen LogP contribution < -0.4 is 14.2 Å². The number of nitrogens with zero attached hydrogens (tertiary/aromatic N) is 1. The summed E-state index contributed by atoms with van der Waals surface area (Å²) in [5.74, 6) is 1.01. The highest BCUT2D eigenvalue weighted by Gasteiger charge is 2.20. The topological polar surface area (TPSA) is 77.5 Å². The van der Waals surface area contributed by atoms with E-state index in [9.17, 15) is 8.42 Å². The first-order valence-corrected chi connectivity index (χ1v) is 9.00. The van der Waals surface area contributed by atoms with Gasteiger partial charge in [0.2, 0.25) is 0 Å². The molecule has 0 fully saturated rings. The Labute approximate surface area is 134 Å². The minimum atomic E-state index is -3.69. The number of anilines is 1. The molecule has 2 aliphatic rings. The fourth-order valence-electron chi connectivity index (χ4n) is 2.89.